The van der Waals surface area contributed by atoms with Crippen molar-refractivity contribution in [1.82, 2.24) is 19.7 Å². The lowest BCUT2D eigenvalue weighted by molar-refractivity contribution is 0.0285. The lowest BCUT2D eigenvalue weighted by Crippen LogP contribution is -2.33. The van der Waals surface area contributed by atoms with Crippen molar-refractivity contribution in [3.8, 4) is 0 Å². The van der Waals surface area contributed by atoms with Gasteiger partial charge in [-0.3, -0.25) is 9.48 Å². The Hall–Kier alpha value is -3.42. The Balaban J connectivity index is 1.55. The molecule has 0 aliphatic heterocycles. The normalized spacial score (nSPS) is 13.8. The van der Waals surface area contributed by atoms with Gasteiger partial charge in [-0.05, 0) is 64.3 Å². The Kier molecular flexibility index (Phi) is 5.86. The van der Waals surface area contributed by atoms with Gasteiger partial charge in [-0.25, -0.2) is 9.78 Å². The van der Waals surface area contributed by atoms with E-state index in [1.54, 1.807) is 11.7 Å². The minimum atomic E-state index is -0.555. The number of pyridine rings is 1. The number of hydrogen-bond acceptors (Lipinski definition) is 5. The van der Waals surface area contributed by atoms with Crippen LogP contribution < -0.4 is 5.32 Å². The van der Waals surface area contributed by atoms with Gasteiger partial charge in [-0.1, -0.05) is 12.1 Å². The fourth-order valence-corrected chi connectivity index (χ4v) is 3.86. The molecule has 0 saturated heterocycles. The van der Waals surface area contributed by atoms with E-state index in [2.05, 4.69) is 10.4 Å². The van der Waals surface area contributed by atoms with E-state index in [0.29, 0.717) is 23.7 Å². The van der Waals surface area contributed by atoms with Crippen LogP contribution in [0.1, 0.15) is 66.8 Å². The van der Waals surface area contributed by atoms with Gasteiger partial charge >= 0.3 is 6.09 Å². The van der Waals surface area contributed by atoms with Gasteiger partial charge in [-0.2, -0.15) is 5.10 Å². The number of hydrogen-bond donors (Lipinski definition) is 1. The third-order valence-corrected chi connectivity index (χ3v) is 5.54. The second kappa shape index (κ2) is 8.50. The van der Waals surface area contributed by atoms with Crippen LogP contribution in [0.15, 0.2) is 30.3 Å². The molecule has 2 aromatic heterocycles. The van der Waals surface area contributed by atoms with E-state index in [-0.39, 0.29) is 5.91 Å². The van der Waals surface area contributed by atoms with E-state index in [1.165, 1.54) is 4.90 Å². The van der Waals surface area contributed by atoms with Gasteiger partial charge in [0.2, 0.25) is 0 Å². The Morgan fingerprint density at radius 1 is 1.24 bits per heavy atom. The number of nitrogens with zero attached hydrogens (tertiary/aromatic N) is 4. The Labute approximate surface area is 193 Å². The lowest BCUT2D eigenvalue weighted by atomic mass is 10.1. The van der Waals surface area contributed by atoms with Gasteiger partial charge in [0.1, 0.15) is 5.60 Å². The molecule has 4 rings (SSSR count). The number of ether oxygens (including phenoxy) is 1. The Morgan fingerprint density at radius 3 is 2.64 bits per heavy atom. The van der Waals surface area contributed by atoms with Gasteiger partial charge in [0.25, 0.3) is 5.91 Å². The quantitative estimate of drug-likeness (QED) is 0.606. The topological polar surface area (TPSA) is 89.4 Å². The minimum absolute atomic E-state index is 0.196. The van der Waals surface area contributed by atoms with Crippen LogP contribution in [0.25, 0.3) is 11.0 Å². The highest BCUT2D eigenvalue weighted by Crippen LogP contribution is 2.40. The third-order valence-electron chi connectivity index (χ3n) is 5.54. The van der Waals surface area contributed by atoms with Crippen LogP contribution in [0.3, 0.4) is 0 Å². The van der Waals surface area contributed by atoms with Gasteiger partial charge < -0.3 is 15.0 Å². The molecular weight excluding hydrogens is 418 g/mol. The highest BCUT2D eigenvalue weighted by atomic mass is 16.6. The van der Waals surface area contributed by atoms with E-state index < -0.39 is 11.7 Å². The number of amides is 2. The molecule has 1 aliphatic carbocycles. The molecule has 0 spiro atoms. The Morgan fingerprint density at radius 2 is 1.97 bits per heavy atom. The first-order valence-corrected chi connectivity index (χ1v) is 11.2. The predicted molar refractivity (Wildman–Crippen MR) is 127 cm³/mol. The molecule has 8 heteroatoms. The summed E-state index contributed by atoms with van der Waals surface area (Å²) in [5.41, 5.74) is 4.04. The highest BCUT2D eigenvalue weighted by Gasteiger charge is 2.28. The second-order valence-electron chi connectivity index (χ2n) is 9.77. The second-order valence-corrected chi connectivity index (χ2v) is 9.77. The molecule has 33 heavy (non-hydrogen) atoms. The van der Waals surface area contributed by atoms with Crippen molar-refractivity contribution in [1.29, 1.82) is 0 Å². The zero-order chi connectivity index (χ0) is 23.9. The SMILES string of the molecule is Cc1nn(C)c2nc(C3CC3)cc(C(=O)Nc3cccc(CN(C)C(=O)OC(C)(C)C)c3)c12. The molecule has 2 amide bonds. The summed E-state index contributed by atoms with van der Waals surface area (Å²) in [5, 5.41) is 8.27. The summed E-state index contributed by atoms with van der Waals surface area (Å²) in [7, 11) is 3.54. The van der Waals surface area contributed by atoms with E-state index in [4.69, 9.17) is 9.72 Å². The van der Waals surface area contributed by atoms with Crippen LogP contribution in [0, 0.1) is 6.92 Å². The van der Waals surface area contributed by atoms with Crippen LogP contribution in [-0.4, -0.2) is 44.3 Å². The number of fused-ring (bicyclic) bond motifs is 1. The molecule has 0 atom stereocenters. The predicted octanol–water partition coefficient (Wildman–Crippen LogP) is 4.77. The zero-order valence-corrected chi connectivity index (χ0v) is 20.1. The van der Waals surface area contributed by atoms with Crippen molar-refractivity contribution in [3.63, 3.8) is 0 Å². The average molecular weight is 450 g/mol. The molecule has 1 fully saturated rings. The summed E-state index contributed by atoms with van der Waals surface area (Å²) in [5.74, 6) is 0.223. The number of anilines is 1. The van der Waals surface area contributed by atoms with Gasteiger partial charge in [0, 0.05) is 37.9 Å². The molecule has 1 saturated carbocycles. The molecule has 8 nitrogen and oxygen atoms in total. The average Bonchev–Trinajstić information content (AvgIpc) is 3.53. The van der Waals surface area contributed by atoms with Crippen molar-refractivity contribution in [2.45, 2.75) is 58.6 Å². The van der Waals surface area contributed by atoms with Crippen LogP contribution in [0.4, 0.5) is 10.5 Å². The summed E-state index contributed by atoms with van der Waals surface area (Å²) < 4.78 is 7.15. The fraction of sp³-hybridized carbons (Fsp3) is 0.440. The van der Waals surface area contributed by atoms with Gasteiger partial charge in [-0.15, -0.1) is 0 Å². The van der Waals surface area contributed by atoms with E-state index in [0.717, 1.165) is 40.8 Å². The fourth-order valence-electron chi connectivity index (χ4n) is 3.86. The molecule has 2 heterocycles. The van der Waals surface area contributed by atoms with E-state index in [9.17, 15) is 9.59 Å². The summed E-state index contributed by atoms with van der Waals surface area (Å²) in [4.78, 5) is 31.9. The standard InChI is InChI=1S/C25H31N5O3/c1-15-21-19(13-20(17-10-11-17)27-22(21)30(6)28-15)23(31)26-18-9-7-8-16(12-18)14-29(5)24(32)33-25(2,3)4/h7-9,12-13,17H,10-11,14H2,1-6H3,(H,26,31). The molecule has 1 N–H and O–H groups in total. The highest BCUT2D eigenvalue weighted by molar-refractivity contribution is 6.12. The van der Waals surface area contributed by atoms with Crippen LogP contribution in [-0.2, 0) is 18.3 Å². The summed E-state index contributed by atoms with van der Waals surface area (Å²) in [6.07, 6.45) is 1.81. The minimum Gasteiger partial charge on any atom is -0.444 e. The number of rotatable bonds is 5. The number of carbonyl (C=O) groups is 2. The van der Waals surface area contributed by atoms with E-state index in [1.807, 2.05) is 65.1 Å². The largest absolute Gasteiger partial charge is 0.444 e. The van der Waals surface area contributed by atoms with Crippen molar-refractivity contribution < 1.29 is 14.3 Å². The molecule has 0 bridgehead atoms. The third kappa shape index (κ3) is 5.16. The molecule has 1 aliphatic rings. The first-order chi connectivity index (χ1) is 15.5. The van der Waals surface area contributed by atoms with E-state index >= 15 is 0 Å². The smallest absolute Gasteiger partial charge is 0.410 e. The number of nitrogens with one attached hydrogen (secondary N) is 1. The maximum Gasteiger partial charge on any atom is 0.410 e. The van der Waals surface area contributed by atoms with Crippen LogP contribution >= 0.6 is 0 Å². The molecule has 3 aromatic rings. The molecule has 0 radical (unpaired) electrons. The Bertz CT molecular complexity index is 1220. The molecular formula is C25H31N5O3. The number of carbonyl (C=O) groups excluding carboxylic acids is 2. The summed E-state index contributed by atoms with van der Waals surface area (Å²) in [6.45, 7) is 7.77. The number of benzene rings is 1. The van der Waals surface area contributed by atoms with Crippen molar-refractivity contribution in [2.24, 2.45) is 7.05 Å². The monoisotopic (exact) mass is 449 g/mol. The molecule has 1 aromatic carbocycles. The summed E-state index contributed by atoms with van der Waals surface area (Å²) in [6, 6.07) is 9.39. The first-order valence-electron chi connectivity index (χ1n) is 11.2. The van der Waals surface area contributed by atoms with Crippen molar-refractivity contribution >= 4 is 28.7 Å². The lowest BCUT2D eigenvalue weighted by Gasteiger charge is -2.24. The maximum absolute atomic E-state index is 13.3. The number of aromatic nitrogens is 3. The van der Waals surface area contributed by atoms with Gasteiger partial charge in [0.15, 0.2) is 5.65 Å². The molecule has 0 unspecified atom stereocenters. The maximum atomic E-state index is 13.3. The first kappa shape index (κ1) is 22.8. The van der Waals surface area contributed by atoms with Crippen LogP contribution in [0.2, 0.25) is 0 Å². The molecule has 174 valence electrons. The van der Waals surface area contributed by atoms with Crippen LogP contribution in [0.5, 0.6) is 0 Å². The number of aryl methyl sites for hydroxylation is 2. The zero-order valence-electron chi connectivity index (χ0n) is 20.1. The van der Waals surface area contributed by atoms with Crippen molar-refractivity contribution in [2.75, 3.05) is 12.4 Å². The van der Waals surface area contributed by atoms with Crippen molar-refractivity contribution in [3.05, 3.63) is 52.8 Å². The van der Waals surface area contributed by atoms with Gasteiger partial charge in [0.05, 0.1) is 16.6 Å². The summed E-state index contributed by atoms with van der Waals surface area (Å²) >= 11 is 0.